The molecule has 3 nitrogen and oxygen atoms in total. The molecule has 0 aliphatic heterocycles. The predicted octanol–water partition coefficient (Wildman–Crippen LogP) is 1.02. The van der Waals surface area contributed by atoms with Gasteiger partial charge < -0.3 is 10.6 Å². The molecule has 0 radical (unpaired) electrons. The Bertz CT molecular complexity index is 179. The van der Waals surface area contributed by atoms with Crippen LogP contribution in [0.3, 0.4) is 0 Å². The van der Waals surface area contributed by atoms with Crippen LogP contribution in [-0.4, -0.2) is 18.0 Å². The van der Waals surface area contributed by atoms with Crippen molar-refractivity contribution >= 4 is 5.91 Å². The van der Waals surface area contributed by atoms with E-state index in [2.05, 4.69) is 17.2 Å². The highest BCUT2D eigenvalue weighted by molar-refractivity contribution is 5.92. The fourth-order valence-corrected chi connectivity index (χ4v) is 0.710. The Morgan fingerprint density at radius 3 is 2.25 bits per heavy atom. The van der Waals surface area contributed by atoms with Gasteiger partial charge in [-0.3, -0.25) is 4.79 Å². The molecule has 0 aromatic carbocycles. The Kier molecular flexibility index (Phi) is 3.80. The van der Waals surface area contributed by atoms with Crippen LogP contribution >= 0.6 is 0 Å². The molecule has 0 rings (SSSR count). The van der Waals surface area contributed by atoms with Crippen molar-refractivity contribution in [1.82, 2.24) is 10.6 Å². The van der Waals surface area contributed by atoms with Crippen molar-refractivity contribution in [2.45, 2.75) is 33.2 Å². The van der Waals surface area contributed by atoms with Crippen LogP contribution in [0, 0.1) is 0 Å². The van der Waals surface area contributed by atoms with Gasteiger partial charge in [-0.05, 0) is 27.7 Å². The topological polar surface area (TPSA) is 41.1 Å². The van der Waals surface area contributed by atoms with Crippen molar-refractivity contribution in [1.29, 1.82) is 0 Å². The van der Waals surface area contributed by atoms with E-state index in [1.807, 2.05) is 27.7 Å². The number of nitrogens with one attached hydrogen (secondary N) is 2. The summed E-state index contributed by atoms with van der Waals surface area (Å²) in [6.45, 7) is 12.1. The third-order valence-corrected chi connectivity index (χ3v) is 1.15. The summed E-state index contributed by atoms with van der Waals surface area (Å²) in [6.07, 6.45) is 0. The molecule has 0 aliphatic rings. The molecule has 0 bridgehead atoms. The van der Waals surface area contributed by atoms with Gasteiger partial charge in [-0.2, -0.15) is 0 Å². The van der Waals surface area contributed by atoms with Crippen LogP contribution in [0.5, 0.6) is 0 Å². The monoisotopic (exact) mass is 170 g/mol. The van der Waals surface area contributed by atoms with Crippen LogP contribution in [0.4, 0.5) is 0 Å². The second-order valence-electron chi connectivity index (χ2n) is 3.71. The summed E-state index contributed by atoms with van der Waals surface area (Å²) < 4.78 is 0. The summed E-state index contributed by atoms with van der Waals surface area (Å²) in [6, 6.07) is 0. The SMILES string of the molecule is C=C(NCC)C(=O)NC(C)(C)C. The zero-order valence-corrected chi connectivity index (χ0v) is 8.32. The van der Waals surface area contributed by atoms with Gasteiger partial charge in [0.1, 0.15) is 0 Å². The summed E-state index contributed by atoms with van der Waals surface area (Å²) in [4.78, 5) is 11.3. The maximum Gasteiger partial charge on any atom is 0.267 e. The first kappa shape index (κ1) is 11.0. The minimum Gasteiger partial charge on any atom is -0.381 e. The number of carbonyl (C=O) groups excluding carboxylic acids is 1. The van der Waals surface area contributed by atoms with Gasteiger partial charge in [-0.15, -0.1) is 0 Å². The average molecular weight is 170 g/mol. The normalized spacial score (nSPS) is 10.7. The summed E-state index contributed by atoms with van der Waals surface area (Å²) >= 11 is 0. The van der Waals surface area contributed by atoms with E-state index in [4.69, 9.17) is 0 Å². The lowest BCUT2D eigenvalue weighted by Gasteiger charge is -2.21. The van der Waals surface area contributed by atoms with Crippen molar-refractivity contribution in [3.05, 3.63) is 12.3 Å². The first-order chi connectivity index (χ1) is 5.37. The molecule has 0 unspecified atom stereocenters. The number of likely N-dealkylation sites (N-methyl/N-ethyl adjacent to an activating group) is 1. The Balaban J connectivity index is 3.97. The Hall–Kier alpha value is -0.990. The molecule has 0 aliphatic carbocycles. The Labute approximate surface area is 74.2 Å². The summed E-state index contributed by atoms with van der Waals surface area (Å²) in [5.41, 5.74) is 0.225. The quantitative estimate of drug-likeness (QED) is 0.621. The molecule has 1 amide bonds. The first-order valence-corrected chi connectivity index (χ1v) is 4.12. The zero-order chi connectivity index (χ0) is 9.78. The number of amides is 1. The van der Waals surface area contributed by atoms with Crippen LogP contribution in [-0.2, 0) is 4.79 Å². The molecule has 0 aromatic heterocycles. The van der Waals surface area contributed by atoms with Crippen LogP contribution < -0.4 is 10.6 Å². The third kappa shape index (κ3) is 4.77. The van der Waals surface area contributed by atoms with E-state index in [1.54, 1.807) is 0 Å². The fraction of sp³-hybridized carbons (Fsp3) is 0.667. The van der Waals surface area contributed by atoms with Crippen LogP contribution in [0.2, 0.25) is 0 Å². The molecular formula is C9H18N2O. The molecule has 0 saturated carbocycles. The van der Waals surface area contributed by atoms with Gasteiger partial charge in [-0.1, -0.05) is 6.58 Å². The predicted molar refractivity (Wildman–Crippen MR) is 50.7 cm³/mol. The first-order valence-electron chi connectivity index (χ1n) is 4.12. The second-order valence-corrected chi connectivity index (χ2v) is 3.71. The van der Waals surface area contributed by atoms with Gasteiger partial charge >= 0.3 is 0 Å². The molecule has 0 aromatic rings. The Morgan fingerprint density at radius 1 is 1.42 bits per heavy atom. The number of hydrogen-bond acceptors (Lipinski definition) is 2. The number of carbonyl (C=O) groups is 1. The average Bonchev–Trinajstić information content (AvgIpc) is 1.84. The molecule has 70 valence electrons. The summed E-state index contributed by atoms with van der Waals surface area (Å²) in [7, 11) is 0. The van der Waals surface area contributed by atoms with Gasteiger partial charge in [0, 0.05) is 12.1 Å². The van der Waals surface area contributed by atoms with E-state index in [9.17, 15) is 4.79 Å². The van der Waals surface area contributed by atoms with Crippen LogP contribution in [0.15, 0.2) is 12.3 Å². The fourth-order valence-electron chi connectivity index (χ4n) is 0.710. The minimum absolute atomic E-state index is 0.135. The highest BCUT2D eigenvalue weighted by atomic mass is 16.2. The summed E-state index contributed by atoms with van der Waals surface area (Å²) in [5.74, 6) is -0.135. The Morgan fingerprint density at radius 2 is 1.92 bits per heavy atom. The van der Waals surface area contributed by atoms with Gasteiger partial charge in [0.05, 0.1) is 5.70 Å². The van der Waals surface area contributed by atoms with Crippen molar-refractivity contribution in [3.63, 3.8) is 0 Å². The molecule has 0 fully saturated rings. The minimum atomic E-state index is -0.199. The van der Waals surface area contributed by atoms with Crippen LogP contribution in [0.1, 0.15) is 27.7 Å². The molecule has 0 saturated heterocycles. The molecule has 0 atom stereocenters. The van der Waals surface area contributed by atoms with E-state index >= 15 is 0 Å². The standard InChI is InChI=1S/C9H18N2O/c1-6-10-7(2)8(12)11-9(3,4)5/h10H,2,6H2,1,3-5H3,(H,11,12). The van der Waals surface area contributed by atoms with E-state index < -0.39 is 0 Å². The lowest BCUT2D eigenvalue weighted by Crippen LogP contribution is -2.43. The van der Waals surface area contributed by atoms with Gasteiger partial charge in [-0.25, -0.2) is 0 Å². The van der Waals surface area contributed by atoms with E-state index in [1.165, 1.54) is 0 Å². The van der Waals surface area contributed by atoms with Gasteiger partial charge in [0.25, 0.3) is 5.91 Å². The molecule has 0 heterocycles. The second kappa shape index (κ2) is 4.14. The van der Waals surface area contributed by atoms with E-state index in [-0.39, 0.29) is 11.4 Å². The maximum atomic E-state index is 11.3. The largest absolute Gasteiger partial charge is 0.381 e. The van der Waals surface area contributed by atoms with Gasteiger partial charge in [0.2, 0.25) is 0 Å². The molecule has 12 heavy (non-hydrogen) atoms. The van der Waals surface area contributed by atoms with Crippen molar-refractivity contribution < 1.29 is 4.79 Å². The lowest BCUT2D eigenvalue weighted by atomic mass is 10.1. The third-order valence-electron chi connectivity index (χ3n) is 1.15. The van der Waals surface area contributed by atoms with Crippen molar-refractivity contribution in [2.75, 3.05) is 6.54 Å². The van der Waals surface area contributed by atoms with E-state index in [0.29, 0.717) is 5.70 Å². The lowest BCUT2D eigenvalue weighted by molar-refractivity contribution is -0.119. The zero-order valence-electron chi connectivity index (χ0n) is 8.32. The van der Waals surface area contributed by atoms with E-state index in [0.717, 1.165) is 6.54 Å². The molecule has 0 spiro atoms. The smallest absolute Gasteiger partial charge is 0.267 e. The molecule has 2 N–H and O–H groups in total. The highest BCUT2D eigenvalue weighted by Gasteiger charge is 2.14. The molecular weight excluding hydrogens is 152 g/mol. The number of rotatable bonds is 3. The maximum absolute atomic E-state index is 11.3. The van der Waals surface area contributed by atoms with Crippen molar-refractivity contribution in [2.24, 2.45) is 0 Å². The van der Waals surface area contributed by atoms with Crippen LogP contribution in [0.25, 0.3) is 0 Å². The summed E-state index contributed by atoms with van der Waals surface area (Å²) in [5, 5.41) is 5.66. The highest BCUT2D eigenvalue weighted by Crippen LogP contribution is 1.99. The van der Waals surface area contributed by atoms with Crippen molar-refractivity contribution in [3.8, 4) is 0 Å². The molecule has 3 heteroatoms. The van der Waals surface area contributed by atoms with Gasteiger partial charge in [0.15, 0.2) is 0 Å². The number of hydrogen-bond donors (Lipinski definition) is 2.